The third-order valence-corrected chi connectivity index (χ3v) is 9.51. The van der Waals surface area contributed by atoms with Gasteiger partial charge in [-0.1, -0.05) is 72.8 Å². The van der Waals surface area contributed by atoms with E-state index < -0.39 is 11.1 Å². The molecule has 0 saturated carbocycles. The topological polar surface area (TPSA) is 7.76 Å². The van der Waals surface area contributed by atoms with Gasteiger partial charge in [0.1, 0.15) is 11.1 Å². The Bertz CT molecular complexity index is 1900. The second-order valence-corrected chi connectivity index (χ2v) is 10.9. The first-order chi connectivity index (χ1) is 18.9. The van der Waals surface area contributed by atoms with Crippen molar-refractivity contribution in [3.8, 4) is 33.6 Å². The predicted octanol–water partition coefficient (Wildman–Crippen LogP) is 6.20. The number of nitrogens with zero attached hydrogens (tertiary/aromatic N) is 2. The second kappa shape index (κ2) is 6.17. The molecule has 2 nitrogen and oxygen atoms in total. The molecule has 0 atom stereocenters. The minimum atomic E-state index is -0.456. The summed E-state index contributed by atoms with van der Waals surface area (Å²) in [5.74, 6) is 0. The van der Waals surface area contributed by atoms with Crippen molar-refractivity contribution in [1.29, 1.82) is 0 Å². The number of benzene rings is 4. The molecule has 0 N–H and O–H groups in total. The lowest BCUT2D eigenvalue weighted by molar-refractivity contribution is -0.971. The van der Waals surface area contributed by atoms with E-state index in [1.54, 1.807) is 0 Å². The zero-order chi connectivity index (χ0) is 24.6. The Morgan fingerprint density at radius 1 is 0.342 bits per heavy atom. The van der Waals surface area contributed by atoms with Gasteiger partial charge in [0.05, 0.1) is 11.1 Å². The second-order valence-electron chi connectivity index (χ2n) is 10.9. The van der Waals surface area contributed by atoms with Crippen LogP contribution in [0.5, 0.6) is 0 Å². The maximum absolute atomic E-state index is 2.68. The Kier molecular flexibility index (Phi) is 3.14. The normalized spacial score (nSPS) is 16.3. The van der Waals surface area contributed by atoms with Crippen molar-refractivity contribution >= 4 is 0 Å². The highest BCUT2D eigenvalue weighted by Gasteiger charge is 2.75. The number of pyridine rings is 2. The molecule has 38 heavy (non-hydrogen) atoms. The average molecular weight is 483 g/mol. The lowest BCUT2D eigenvalue weighted by atomic mass is 9.69. The molecule has 0 fully saturated rings. The Morgan fingerprint density at radius 2 is 0.737 bits per heavy atom. The van der Waals surface area contributed by atoms with Crippen LogP contribution in [-0.2, 0) is 11.1 Å². The van der Waals surface area contributed by atoms with Crippen LogP contribution in [0.15, 0.2) is 133 Å². The van der Waals surface area contributed by atoms with Gasteiger partial charge in [-0.3, -0.25) is 0 Å². The van der Waals surface area contributed by atoms with Gasteiger partial charge in [-0.25, -0.2) is 0 Å². The number of hydrogen-bond acceptors (Lipinski definition) is 0. The summed E-state index contributed by atoms with van der Waals surface area (Å²) in [5.41, 5.74) is 15.1. The number of hydrogen-bond donors (Lipinski definition) is 0. The molecule has 4 aromatic carbocycles. The van der Waals surface area contributed by atoms with Gasteiger partial charge < -0.3 is 0 Å². The van der Waals surface area contributed by atoms with E-state index in [-0.39, 0.29) is 0 Å². The van der Waals surface area contributed by atoms with Crippen LogP contribution in [0.2, 0.25) is 0 Å². The number of aromatic nitrogens is 2. The van der Waals surface area contributed by atoms with E-state index in [0.717, 1.165) is 0 Å². The largest absolute Gasteiger partial charge is 0.418 e. The summed E-state index contributed by atoms with van der Waals surface area (Å²) < 4.78 is 5.36. The van der Waals surface area contributed by atoms with Crippen molar-refractivity contribution in [2.24, 2.45) is 0 Å². The molecule has 10 rings (SSSR count). The van der Waals surface area contributed by atoms with Gasteiger partial charge in [-0.2, -0.15) is 0 Å². The molecule has 3 aliphatic heterocycles. The Labute approximate surface area is 220 Å². The van der Waals surface area contributed by atoms with Crippen LogP contribution in [0.25, 0.3) is 33.6 Å². The Morgan fingerprint density at radius 3 is 1.21 bits per heavy atom. The molecular formula is C36H22N2+2. The van der Waals surface area contributed by atoms with Crippen molar-refractivity contribution in [1.82, 2.24) is 0 Å². The lowest BCUT2D eigenvalue weighted by Gasteiger charge is -2.35. The van der Waals surface area contributed by atoms with Crippen LogP contribution in [0.1, 0.15) is 33.6 Å². The highest BCUT2D eigenvalue weighted by Crippen LogP contribution is 2.59. The van der Waals surface area contributed by atoms with Crippen molar-refractivity contribution in [3.05, 3.63) is 167 Å². The van der Waals surface area contributed by atoms with E-state index in [1.165, 1.54) is 67.3 Å². The molecule has 4 aliphatic rings. The fraction of sp³-hybridized carbons (Fsp3) is 0.0556. The number of rotatable bonds is 0. The van der Waals surface area contributed by atoms with Crippen molar-refractivity contribution in [2.45, 2.75) is 11.1 Å². The van der Waals surface area contributed by atoms with E-state index in [0.29, 0.717) is 0 Å². The Hall–Kier alpha value is -4.82. The zero-order valence-corrected chi connectivity index (χ0v) is 20.6. The molecule has 0 radical (unpaired) electrons. The minimum Gasteiger partial charge on any atom is -0.121 e. The van der Waals surface area contributed by atoms with Gasteiger partial charge in [-0.05, 0) is 58.7 Å². The average Bonchev–Trinajstić information content (AvgIpc) is 3.58. The van der Waals surface area contributed by atoms with Gasteiger partial charge in [-0.15, -0.1) is 9.13 Å². The zero-order valence-electron chi connectivity index (χ0n) is 20.6. The van der Waals surface area contributed by atoms with Crippen molar-refractivity contribution in [2.75, 3.05) is 0 Å². The molecular weight excluding hydrogens is 460 g/mol. The predicted molar refractivity (Wildman–Crippen MR) is 147 cm³/mol. The molecule has 0 bridgehead atoms. The van der Waals surface area contributed by atoms with E-state index in [2.05, 4.69) is 143 Å². The molecule has 0 amide bonds. The van der Waals surface area contributed by atoms with Crippen LogP contribution >= 0.6 is 0 Å². The summed E-state index contributed by atoms with van der Waals surface area (Å²) in [5, 5.41) is 0. The minimum absolute atomic E-state index is 0.424. The summed E-state index contributed by atoms with van der Waals surface area (Å²) in [6.07, 6.45) is 0. The smallest absolute Gasteiger partial charge is 0.121 e. The summed E-state index contributed by atoms with van der Waals surface area (Å²) in [6, 6.07) is 50.1. The van der Waals surface area contributed by atoms with Crippen LogP contribution in [0, 0.1) is 0 Å². The lowest BCUT2D eigenvalue weighted by Crippen LogP contribution is -2.79. The first-order valence-corrected chi connectivity index (χ1v) is 13.4. The molecule has 174 valence electrons. The summed E-state index contributed by atoms with van der Waals surface area (Å²) in [7, 11) is 0. The van der Waals surface area contributed by atoms with Crippen molar-refractivity contribution < 1.29 is 9.13 Å². The fourth-order valence-electron chi connectivity index (χ4n) is 8.39. The third-order valence-electron chi connectivity index (χ3n) is 9.51. The highest BCUT2D eigenvalue weighted by atomic mass is 15.3. The molecule has 2 heteroatoms. The SMILES string of the molecule is c1ccc2c(c1)-c1ccccc1C21c2cccc3[n+]2C2(c4ccccc4-3)c3ccccc3-c3cccc1[n+]32. The number of fused-ring (bicyclic) bond motifs is 11. The van der Waals surface area contributed by atoms with Crippen LogP contribution < -0.4 is 9.13 Å². The van der Waals surface area contributed by atoms with Gasteiger partial charge >= 0.3 is 5.66 Å². The molecule has 5 heterocycles. The molecule has 1 aliphatic carbocycles. The summed E-state index contributed by atoms with van der Waals surface area (Å²) in [4.78, 5) is 0. The van der Waals surface area contributed by atoms with E-state index in [4.69, 9.17) is 0 Å². The summed E-state index contributed by atoms with van der Waals surface area (Å²) >= 11 is 0. The maximum Gasteiger partial charge on any atom is 0.418 e. The van der Waals surface area contributed by atoms with Crippen LogP contribution in [0.3, 0.4) is 0 Å². The first-order valence-electron chi connectivity index (χ1n) is 13.4. The molecule has 2 aromatic heterocycles. The van der Waals surface area contributed by atoms with E-state index >= 15 is 0 Å². The highest BCUT2D eigenvalue weighted by molar-refractivity contribution is 5.86. The standard InChI is InChI=1S/C36H22N2/c1-5-15-27-23(11-1)24-12-2-6-16-28(24)35(27)33-21-9-19-31-25-13-3-7-17-29(25)36(37(31)33)30-18-8-4-14-26(30)32-20-10-22-34(35)38(32)36/h1-22H/q+2. The van der Waals surface area contributed by atoms with Gasteiger partial charge in [0.25, 0.3) is 0 Å². The fourth-order valence-corrected chi connectivity index (χ4v) is 8.39. The monoisotopic (exact) mass is 482 g/mol. The maximum atomic E-state index is 2.68. The van der Waals surface area contributed by atoms with Crippen LogP contribution in [0.4, 0.5) is 0 Å². The summed E-state index contributed by atoms with van der Waals surface area (Å²) in [6.45, 7) is 0. The van der Waals surface area contributed by atoms with Gasteiger partial charge in [0.15, 0.2) is 5.41 Å². The van der Waals surface area contributed by atoms with Crippen molar-refractivity contribution in [3.63, 3.8) is 0 Å². The Balaban J connectivity index is 1.52. The van der Waals surface area contributed by atoms with E-state index in [1.807, 2.05) is 0 Å². The molecule has 0 saturated heterocycles. The van der Waals surface area contributed by atoms with Gasteiger partial charge in [0, 0.05) is 24.3 Å². The first kappa shape index (κ1) is 19.3. The quantitative estimate of drug-likeness (QED) is 0.228. The molecule has 2 spiro atoms. The van der Waals surface area contributed by atoms with Crippen LogP contribution in [-0.4, -0.2) is 0 Å². The third kappa shape index (κ3) is 1.76. The molecule has 0 unspecified atom stereocenters. The van der Waals surface area contributed by atoms with E-state index in [9.17, 15) is 0 Å². The van der Waals surface area contributed by atoms with Gasteiger partial charge in [0.2, 0.25) is 22.8 Å². The molecule has 6 aromatic rings.